The average Bonchev–Trinajstić information content (AvgIpc) is 2.47. The number of aromatic nitrogens is 1. The maximum atomic E-state index is 11.0. The number of para-hydroxylation sites is 1. The molecule has 0 aliphatic carbocycles. The Balaban J connectivity index is 2.29. The van der Waals surface area contributed by atoms with Crippen molar-refractivity contribution in [2.45, 2.75) is 13.0 Å². The average molecular weight is 273 g/mol. The summed E-state index contributed by atoms with van der Waals surface area (Å²) in [6, 6.07) is 10.0. The van der Waals surface area contributed by atoms with Gasteiger partial charge in [-0.15, -0.1) is 0 Å². The van der Waals surface area contributed by atoms with E-state index >= 15 is 0 Å². The van der Waals surface area contributed by atoms with Crippen LogP contribution in [0, 0.1) is 10.1 Å². The maximum Gasteiger partial charge on any atom is 0.274 e. The Labute approximate surface area is 116 Å². The highest BCUT2D eigenvalue weighted by atomic mass is 16.6. The van der Waals surface area contributed by atoms with Gasteiger partial charge >= 0.3 is 0 Å². The number of hydrogen-bond acceptors (Lipinski definition) is 5. The molecule has 1 heterocycles. The first kappa shape index (κ1) is 13.8. The second-order valence-electron chi connectivity index (χ2n) is 4.24. The molecule has 0 aliphatic heterocycles. The lowest BCUT2D eigenvalue weighted by Gasteiger charge is -2.17. The van der Waals surface area contributed by atoms with Gasteiger partial charge in [0.1, 0.15) is 0 Å². The van der Waals surface area contributed by atoms with Gasteiger partial charge in [0.05, 0.1) is 29.3 Å². The minimum Gasteiger partial charge on any atom is -0.480 e. The molecule has 1 unspecified atom stereocenters. The number of nitrogens with zero attached hydrogens (tertiary/aromatic N) is 2. The van der Waals surface area contributed by atoms with Crippen LogP contribution in [0.5, 0.6) is 5.88 Å². The molecule has 0 saturated carbocycles. The minimum absolute atomic E-state index is 0.0929. The van der Waals surface area contributed by atoms with Crippen LogP contribution in [0.4, 0.5) is 11.4 Å². The minimum atomic E-state index is -0.381. The number of nitro groups is 1. The third-order valence-electron chi connectivity index (χ3n) is 2.94. The SMILES string of the molecule is COc1ncccc1NC(C)c1ccccc1[N+](=O)[O-]. The fourth-order valence-electron chi connectivity index (χ4n) is 1.99. The summed E-state index contributed by atoms with van der Waals surface area (Å²) in [6.07, 6.45) is 1.62. The van der Waals surface area contributed by atoms with Crippen LogP contribution in [0.25, 0.3) is 0 Å². The van der Waals surface area contributed by atoms with Crippen molar-refractivity contribution >= 4 is 11.4 Å². The first-order valence-electron chi connectivity index (χ1n) is 6.12. The van der Waals surface area contributed by atoms with Gasteiger partial charge < -0.3 is 10.1 Å². The van der Waals surface area contributed by atoms with Gasteiger partial charge in [0, 0.05) is 12.3 Å². The largest absolute Gasteiger partial charge is 0.480 e. The summed E-state index contributed by atoms with van der Waals surface area (Å²) in [6.45, 7) is 1.86. The molecule has 1 aromatic heterocycles. The first-order chi connectivity index (χ1) is 9.63. The molecule has 0 saturated heterocycles. The monoisotopic (exact) mass is 273 g/mol. The molecule has 6 nitrogen and oxygen atoms in total. The smallest absolute Gasteiger partial charge is 0.274 e. The van der Waals surface area contributed by atoms with Gasteiger partial charge in [0.25, 0.3) is 5.69 Å². The zero-order valence-electron chi connectivity index (χ0n) is 11.2. The van der Waals surface area contributed by atoms with E-state index in [2.05, 4.69) is 10.3 Å². The van der Waals surface area contributed by atoms with E-state index in [1.807, 2.05) is 13.0 Å². The van der Waals surface area contributed by atoms with Gasteiger partial charge in [-0.1, -0.05) is 18.2 Å². The predicted molar refractivity (Wildman–Crippen MR) is 75.9 cm³/mol. The van der Waals surface area contributed by atoms with Gasteiger partial charge in [-0.25, -0.2) is 4.98 Å². The highest BCUT2D eigenvalue weighted by Gasteiger charge is 2.18. The standard InChI is InChI=1S/C14H15N3O3/c1-10(11-6-3-4-8-13(11)17(18)19)16-12-7-5-9-15-14(12)20-2/h3-10,16H,1-2H3. The molecule has 0 spiro atoms. The molecule has 6 heteroatoms. The third kappa shape index (κ3) is 2.85. The van der Waals surface area contributed by atoms with Crippen molar-refractivity contribution in [2.75, 3.05) is 12.4 Å². The quantitative estimate of drug-likeness (QED) is 0.668. The topological polar surface area (TPSA) is 77.3 Å². The van der Waals surface area contributed by atoms with Gasteiger partial charge in [0.15, 0.2) is 0 Å². The highest BCUT2D eigenvalue weighted by Crippen LogP contribution is 2.30. The maximum absolute atomic E-state index is 11.0. The zero-order valence-corrected chi connectivity index (χ0v) is 11.2. The summed E-state index contributed by atoms with van der Waals surface area (Å²) in [4.78, 5) is 14.7. The number of rotatable bonds is 5. The summed E-state index contributed by atoms with van der Waals surface area (Å²) < 4.78 is 5.15. The summed E-state index contributed by atoms with van der Waals surface area (Å²) in [5.74, 6) is 0.456. The molecular formula is C14H15N3O3. The Bertz CT molecular complexity index is 616. The number of anilines is 1. The van der Waals surface area contributed by atoms with Crippen LogP contribution >= 0.6 is 0 Å². The number of nitro benzene ring substituents is 1. The van der Waals surface area contributed by atoms with Crippen LogP contribution in [-0.4, -0.2) is 17.0 Å². The number of hydrogen-bond donors (Lipinski definition) is 1. The number of benzene rings is 1. The predicted octanol–water partition coefficient (Wildman–Crippen LogP) is 3.17. The molecule has 2 aromatic rings. The summed E-state index contributed by atoms with van der Waals surface area (Å²) in [5.41, 5.74) is 1.40. The van der Waals surface area contributed by atoms with Crippen molar-refractivity contribution in [3.8, 4) is 5.88 Å². The molecule has 0 aliphatic rings. The lowest BCUT2D eigenvalue weighted by molar-refractivity contribution is -0.385. The number of pyridine rings is 1. The normalized spacial score (nSPS) is 11.7. The fraction of sp³-hybridized carbons (Fsp3) is 0.214. The second-order valence-corrected chi connectivity index (χ2v) is 4.24. The van der Waals surface area contributed by atoms with E-state index in [9.17, 15) is 10.1 Å². The van der Waals surface area contributed by atoms with Crippen LogP contribution in [0.1, 0.15) is 18.5 Å². The highest BCUT2D eigenvalue weighted by molar-refractivity contribution is 5.55. The van der Waals surface area contributed by atoms with Gasteiger partial charge in [0.2, 0.25) is 5.88 Å². The molecule has 104 valence electrons. The molecule has 1 N–H and O–H groups in total. The lowest BCUT2D eigenvalue weighted by Crippen LogP contribution is -2.10. The van der Waals surface area contributed by atoms with Crippen molar-refractivity contribution in [3.05, 3.63) is 58.3 Å². The number of ether oxygens (including phenoxy) is 1. The van der Waals surface area contributed by atoms with Crippen LogP contribution in [0.3, 0.4) is 0 Å². The summed E-state index contributed by atoms with van der Waals surface area (Å²) in [7, 11) is 1.53. The number of methoxy groups -OCH3 is 1. The molecule has 20 heavy (non-hydrogen) atoms. The van der Waals surface area contributed by atoms with Crippen molar-refractivity contribution in [1.82, 2.24) is 4.98 Å². The van der Waals surface area contributed by atoms with Gasteiger partial charge in [-0.05, 0) is 19.1 Å². The van der Waals surface area contributed by atoms with Crippen LogP contribution in [0.15, 0.2) is 42.6 Å². The molecule has 0 bridgehead atoms. The molecule has 0 amide bonds. The van der Waals surface area contributed by atoms with E-state index in [0.29, 0.717) is 17.1 Å². The Kier molecular flexibility index (Phi) is 4.14. The van der Waals surface area contributed by atoms with Crippen LogP contribution in [-0.2, 0) is 0 Å². The van der Waals surface area contributed by atoms with Crippen LogP contribution < -0.4 is 10.1 Å². The van der Waals surface area contributed by atoms with Crippen molar-refractivity contribution < 1.29 is 9.66 Å². The first-order valence-corrected chi connectivity index (χ1v) is 6.12. The van der Waals surface area contributed by atoms with Crippen molar-refractivity contribution in [3.63, 3.8) is 0 Å². The van der Waals surface area contributed by atoms with Gasteiger partial charge in [-0.2, -0.15) is 0 Å². The van der Waals surface area contributed by atoms with E-state index in [-0.39, 0.29) is 16.7 Å². The Morgan fingerprint density at radius 2 is 2.05 bits per heavy atom. The molecule has 0 radical (unpaired) electrons. The van der Waals surface area contributed by atoms with E-state index in [4.69, 9.17) is 4.74 Å². The van der Waals surface area contributed by atoms with Crippen LogP contribution in [0.2, 0.25) is 0 Å². The lowest BCUT2D eigenvalue weighted by atomic mass is 10.1. The fourth-order valence-corrected chi connectivity index (χ4v) is 1.99. The third-order valence-corrected chi connectivity index (χ3v) is 2.94. The zero-order chi connectivity index (χ0) is 14.5. The Morgan fingerprint density at radius 1 is 1.30 bits per heavy atom. The molecule has 2 rings (SSSR count). The van der Waals surface area contributed by atoms with E-state index in [0.717, 1.165) is 0 Å². The van der Waals surface area contributed by atoms with Gasteiger partial charge in [-0.3, -0.25) is 10.1 Å². The van der Waals surface area contributed by atoms with E-state index in [1.165, 1.54) is 13.2 Å². The van der Waals surface area contributed by atoms with Crippen molar-refractivity contribution in [2.24, 2.45) is 0 Å². The van der Waals surface area contributed by atoms with E-state index in [1.54, 1.807) is 30.5 Å². The molecule has 0 fully saturated rings. The molecule has 1 aromatic carbocycles. The summed E-state index contributed by atoms with van der Waals surface area (Å²) in [5, 5.41) is 14.2. The molecular weight excluding hydrogens is 258 g/mol. The Hall–Kier alpha value is -2.63. The second kappa shape index (κ2) is 6.01. The number of nitrogens with one attached hydrogen (secondary N) is 1. The molecule has 1 atom stereocenters. The Morgan fingerprint density at radius 3 is 2.75 bits per heavy atom. The van der Waals surface area contributed by atoms with Crippen molar-refractivity contribution in [1.29, 1.82) is 0 Å². The summed E-state index contributed by atoms with van der Waals surface area (Å²) >= 11 is 0. The van der Waals surface area contributed by atoms with E-state index < -0.39 is 0 Å².